The first-order valence-corrected chi connectivity index (χ1v) is 3.07. The van der Waals surface area contributed by atoms with E-state index in [2.05, 4.69) is 0 Å². The van der Waals surface area contributed by atoms with Crippen molar-refractivity contribution in [2.45, 2.75) is 6.61 Å². The average molecular weight is 176 g/mol. The molecule has 3 N–H and O–H groups in total. The number of aliphatic hydroxyl groups is 1. The fourth-order valence-electron chi connectivity index (χ4n) is 0.768. The molecule has 1 aromatic carbocycles. The summed E-state index contributed by atoms with van der Waals surface area (Å²) in [4.78, 5) is 0. The summed E-state index contributed by atoms with van der Waals surface area (Å²) < 4.78 is 25.1. The van der Waals surface area contributed by atoms with Crippen molar-refractivity contribution in [2.75, 3.05) is 0 Å². The number of aromatic hydroxyl groups is 2. The lowest BCUT2D eigenvalue weighted by atomic mass is 10.2. The van der Waals surface area contributed by atoms with Crippen molar-refractivity contribution in [3.8, 4) is 11.5 Å². The smallest absolute Gasteiger partial charge is 0.209 e. The van der Waals surface area contributed by atoms with E-state index < -0.39 is 29.7 Å². The van der Waals surface area contributed by atoms with Crippen molar-refractivity contribution < 1.29 is 24.1 Å². The van der Waals surface area contributed by atoms with Crippen LogP contribution in [0.15, 0.2) is 6.07 Å². The summed E-state index contributed by atoms with van der Waals surface area (Å²) in [6.07, 6.45) is 0. The van der Waals surface area contributed by atoms with Crippen LogP contribution in [0.3, 0.4) is 0 Å². The standard InChI is InChI=1S/C7H6F2O3/c8-4-1-3(2-10)6(11)5(9)7(4)12/h1,10-12H,2H2. The summed E-state index contributed by atoms with van der Waals surface area (Å²) in [6, 6.07) is 0.660. The zero-order valence-corrected chi connectivity index (χ0v) is 5.88. The minimum absolute atomic E-state index is 0.303. The number of aliphatic hydroxyl groups excluding tert-OH is 1. The lowest BCUT2D eigenvalue weighted by molar-refractivity contribution is 0.269. The molecular formula is C7H6F2O3. The Morgan fingerprint density at radius 2 is 1.75 bits per heavy atom. The molecule has 0 aromatic heterocycles. The summed E-state index contributed by atoms with van der Waals surface area (Å²) in [5.41, 5.74) is -0.303. The van der Waals surface area contributed by atoms with Crippen LogP contribution in [0, 0.1) is 11.6 Å². The zero-order chi connectivity index (χ0) is 9.30. The number of halogens is 2. The number of rotatable bonds is 1. The van der Waals surface area contributed by atoms with E-state index in [0.717, 1.165) is 0 Å². The maximum atomic E-state index is 12.6. The van der Waals surface area contributed by atoms with Gasteiger partial charge in [0.2, 0.25) is 5.82 Å². The molecule has 3 nitrogen and oxygen atoms in total. The minimum atomic E-state index is -1.46. The monoisotopic (exact) mass is 176 g/mol. The van der Waals surface area contributed by atoms with E-state index in [-0.39, 0.29) is 5.56 Å². The molecule has 0 heterocycles. The topological polar surface area (TPSA) is 60.7 Å². The molecule has 0 fully saturated rings. The molecule has 12 heavy (non-hydrogen) atoms. The second-order valence-electron chi connectivity index (χ2n) is 2.19. The molecule has 0 bridgehead atoms. The third-order valence-electron chi connectivity index (χ3n) is 1.42. The third-order valence-corrected chi connectivity index (χ3v) is 1.42. The maximum absolute atomic E-state index is 12.6. The van der Waals surface area contributed by atoms with Gasteiger partial charge in [-0.25, -0.2) is 4.39 Å². The van der Waals surface area contributed by atoms with Gasteiger partial charge in [-0.05, 0) is 6.07 Å². The highest BCUT2D eigenvalue weighted by Crippen LogP contribution is 2.31. The van der Waals surface area contributed by atoms with Gasteiger partial charge in [0.1, 0.15) is 0 Å². The van der Waals surface area contributed by atoms with Crippen LogP contribution in [0.2, 0.25) is 0 Å². The Kier molecular flexibility index (Phi) is 2.14. The normalized spacial score (nSPS) is 10.2. The molecular weight excluding hydrogens is 170 g/mol. The van der Waals surface area contributed by atoms with Crippen molar-refractivity contribution >= 4 is 0 Å². The molecule has 0 radical (unpaired) electrons. The van der Waals surface area contributed by atoms with Crippen LogP contribution in [-0.2, 0) is 6.61 Å². The zero-order valence-electron chi connectivity index (χ0n) is 5.88. The highest BCUT2D eigenvalue weighted by molar-refractivity contribution is 5.41. The molecule has 0 aliphatic rings. The van der Waals surface area contributed by atoms with Gasteiger partial charge in [-0.2, -0.15) is 4.39 Å². The highest BCUT2D eigenvalue weighted by atomic mass is 19.1. The molecule has 1 aromatic rings. The summed E-state index contributed by atoms with van der Waals surface area (Å²) in [6.45, 7) is -0.694. The van der Waals surface area contributed by atoms with Crippen LogP contribution in [0.1, 0.15) is 5.56 Å². The van der Waals surface area contributed by atoms with Gasteiger partial charge in [0.25, 0.3) is 0 Å². The van der Waals surface area contributed by atoms with E-state index in [1.807, 2.05) is 0 Å². The number of hydrogen-bond acceptors (Lipinski definition) is 3. The average Bonchev–Trinajstić information content (AvgIpc) is 2.08. The van der Waals surface area contributed by atoms with Gasteiger partial charge in [-0.15, -0.1) is 0 Å². The largest absolute Gasteiger partial charge is 0.504 e. The van der Waals surface area contributed by atoms with Crippen LogP contribution in [0.4, 0.5) is 8.78 Å². The Bertz CT molecular complexity index is 312. The van der Waals surface area contributed by atoms with E-state index in [1.165, 1.54) is 0 Å². The Hall–Kier alpha value is -1.36. The van der Waals surface area contributed by atoms with Crippen molar-refractivity contribution in [1.29, 1.82) is 0 Å². The van der Waals surface area contributed by atoms with E-state index >= 15 is 0 Å². The number of phenolic OH excluding ortho intramolecular Hbond substituents is 1. The summed E-state index contributed by atoms with van der Waals surface area (Å²) in [5, 5.41) is 25.9. The lowest BCUT2D eigenvalue weighted by Crippen LogP contribution is -1.91. The molecule has 0 amide bonds. The van der Waals surface area contributed by atoms with Gasteiger partial charge < -0.3 is 15.3 Å². The SMILES string of the molecule is OCc1cc(F)c(O)c(F)c1O. The molecule has 0 unspecified atom stereocenters. The van der Waals surface area contributed by atoms with Gasteiger partial charge in [0.15, 0.2) is 17.3 Å². The Morgan fingerprint density at radius 1 is 1.17 bits per heavy atom. The number of phenols is 2. The summed E-state index contributed by atoms with van der Waals surface area (Å²) in [7, 11) is 0. The summed E-state index contributed by atoms with van der Waals surface area (Å²) >= 11 is 0. The van der Waals surface area contributed by atoms with Crippen molar-refractivity contribution in [2.24, 2.45) is 0 Å². The second-order valence-corrected chi connectivity index (χ2v) is 2.19. The van der Waals surface area contributed by atoms with Gasteiger partial charge in [0.05, 0.1) is 6.61 Å². The third kappa shape index (κ3) is 1.18. The molecule has 1 rings (SSSR count). The van der Waals surface area contributed by atoms with Crippen molar-refractivity contribution in [3.63, 3.8) is 0 Å². The van der Waals surface area contributed by atoms with Crippen molar-refractivity contribution in [3.05, 3.63) is 23.3 Å². The predicted molar refractivity (Wildman–Crippen MR) is 35.6 cm³/mol. The predicted octanol–water partition coefficient (Wildman–Crippen LogP) is 0.868. The van der Waals surface area contributed by atoms with Crippen LogP contribution in [0.5, 0.6) is 11.5 Å². The van der Waals surface area contributed by atoms with Crippen molar-refractivity contribution in [1.82, 2.24) is 0 Å². The molecule has 0 aliphatic carbocycles. The maximum Gasteiger partial charge on any atom is 0.209 e. The molecule has 0 saturated carbocycles. The fraction of sp³-hybridized carbons (Fsp3) is 0.143. The molecule has 0 saturated heterocycles. The molecule has 66 valence electrons. The Morgan fingerprint density at radius 3 is 2.25 bits per heavy atom. The quantitative estimate of drug-likeness (QED) is 0.594. The second kappa shape index (κ2) is 2.94. The number of benzene rings is 1. The molecule has 5 heteroatoms. The number of hydrogen-bond donors (Lipinski definition) is 3. The van der Waals surface area contributed by atoms with E-state index in [9.17, 15) is 8.78 Å². The minimum Gasteiger partial charge on any atom is -0.504 e. The highest BCUT2D eigenvalue weighted by Gasteiger charge is 2.16. The van der Waals surface area contributed by atoms with Crippen LogP contribution in [0.25, 0.3) is 0 Å². The van der Waals surface area contributed by atoms with E-state index in [0.29, 0.717) is 6.07 Å². The fourth-order valence-corrected chi connectivity index (χ4v) is 0.768. The Labute approximate surface area is 66.5 Å². The van der Waals surface area contributed by atoms with Crippen LogP contribution < -0.4 is 0 Å². The lowest BCUT2D eigenvalue weighted by Gasteiger charge is -2.04. The van der Waals surface area contributed by atoms with E-state index in [4.69, 9.17) is 15.3 Å². The van der Waals surface area contributed by atoms with Gasteiger partial charge in [-0.1, -0.05) is 0 Å². The molecule has 0 aliphatic heterocycles. The van der Waals surface area contributed by atoms with Crippen LogP contribution >= 0.6 is 0 Å². The van der Waals surface area contributed by atoms with Gasteiger partial charge in [-0.3, -0.25) is 0 Å². The molecule has 0 spiro atoms. The molecule has 0 atom stereocenters. The van der Waals surface area contributed by atoms with Gasteiger partial charge >= 0.3 is 0 Å². The first-order valence-electron chi connectivity index (χ1n) is 3.07. The van der Waals surface area contributed by atoms with Gasteiger partial charge in [0, 0.05) is 5.56 Å². The first-order chi connectivity index (χ1) is 5.57. The Balaban J connectivity index is 3.39. The first kappa shape index (κ1) is 8.73. The van der Waals surface area contributed by atoms with Crippen LogP contribution in [-0.4, -0.2) is 15.3 Å². The summed E-state index contributed by atoms with van der Waals surface area (Å²) in [5.74, 6) is -4.85. The van der Waals surface area contributed by atoms with E-state index in [1.54, 1.807) is 0 Å².